The molecule has 4 nitrogen and oxygen atoms in total. The normalized spacial score (nSPS) is 19.4. The lowest BCUT2D eigenvalue weighted by Crippen LogP contribution is -2.29. The molecule has 0 aliphatic carbocycles. The summed E-state index contributed by atoms with van der Waals surface area (Å²) in [4.78, 5) is 18.6. The topological polar surface area (TPSA) is 45.2 Å². The van der Waals surface area contributed by atoms with Gasteiger partial charge in [-0.05, 0) is 36.8 Å². The minimum Gasteiger partial charge on any atom is -0.370 e. The van der Waals surface area contributed by atoms with Gasteiger partial charge in [-0.25, -0.2) is 4.98 Å². The summed E-state index contributed by atoms with van der Waals surface area (Å²) in [6.07, 6.45) is 7.02. The van der Waals surface area contributed by atoms with Crippen molar-refractivity contribution in [3.05, 3.63) is 23.9 Å². The number of carbonyl (C=O) groups excluding carboxylic acids is 1. The van der Waals surface area contributed by atoms with Gasteiger partial charge in [-0.15, -0.1) is 0 Å². The van der Waals surface area contributed by atoms with Crippen molar-refractivity contribution in [1.29, 1.82) is 0 Å². The quantitative estimate of drug-likeness (QED) is 0.872. The molecule has 116 valence electrons. The molecule has 1 unspecified atom stereocenters. The van der Waals surface area contributed by atoms with E-state index < -0.39 is 0 Å². The van der Waals surface area contributed by atoms with Crippen molar-refractivity contribution in [3.8, 4) is 0 Å². The predicted molar refractivity (Wildman–Crippen MR) is 86.1 cm³/mol. The number of amides is 1. The van der Waals surface area contributed by atoms with Crippen LogP contribution in [0.5, 0.6) is 0 Å². The summed E-state index contributed by atoms with van der Waals surface area (Å²) >= 11 is 0. The van der Waals surface area contributed by atoms with Gasteiger partial charge in [0.1, 0.15) is 5.82 Å². The highest BCUT2D eigenvalue weighted by Crippen LogP contribution is 2.22. The third-order valence-electron chi connectivity index (χ3n) is 4.26. The first kappa shape index (κ1) is 15.8. The standard InChI is InChI=1S/C17H27N3O/c1-3-10-18-16-7-5-15(12-19-16)13-20-11-9-14(4-2)6-8-17(20)21/h5,7,12,14H,3-4,6,8-11,13H2,1-2H3,(H,18,19). The van der Waals surface area contributed by atoms with E-state index in [2.05, 4.69) is 30.2 Å². The molecule has 2 rings (SSSR count). The molecule has 2 heterocycles. The SMILES string of the molecule is CCCNc1ccc(CN2CCC(CC)CCC2=O)cn1. The van der Waals surface area contributed by atoms with Crippen LogP contribution in [0.2, 0.25) is 0 Å². The lowest BCUT2D eigenvalue weighted by atomic mass is 9.98. The largest absolute Gasteiger partial charge is 0.370 e. The number of pyridine rings is 1. The van der Waals surface area contributed by atoms with Gasteiger partial charge in [-0.1, -0.05) is 26.3 Å². The first-order valence-corrected chi connectivity index (χ1v) is 8.19. The Morgan fingerprint density at radius 3 is 2.86 bits per heavy atom. The van der Waals surface area contributed by atoms with Crippen molar-refractivity contribution in [2.24, 2.45) is 5.92 Å². The first-order valence-electron chi connectivity index (χ1n) is 8.19. The Kier molecular flexibility index (Phi) is 6.03. The Morgan fingerprint density at radius 1 is 1.33 bits per heavy atom. The van der Waals surface area contributed by atoms with Crippen LogP contribution in [0.1, 0.15) is 51.5 Å². The molecule has 0 radical (unpaired) electrons. The minimum absolute atomic E-state index is 0.291. The number of anilines is 1. The number of carbonyl (C=O) groups is 1. The Hall–Kier alpha value is -1.58. The van der Waals surface area contributed by atoms with Crippen molar-refractivity contribution in [2.45, 2.75) is 52.5 Å². The van der Waals surface area contributed by atoms with E-state index in [1.54, 1.807) is 0 Å². The van der Waals surface area contributed by atoms with E-state index in [1.807, 2.05) is 17.2 Å². The Balaban J connectivity index is 1.92. The van der Waals surface area contributed by atoms with E-state index in [9.17, 15) is 4.79 Å². The zero-order valence-electron chi connectivity index (χ0n) is 13.3. The highest BCUT2D eigenvalue weighted by molar-refractivity contribution is 5.76. The molecule has 1 saturated heterocycles. The van der Waals surface area contributed by atoms with Crippen LogP contribution in [0.4, 0.5) is 5.82 Å². The molecule has 0 aromatic carbocycles. The number of likely N-dealkylation sites (tertiary alicyclic amines) is 1. The summed E-state index contributed by atoms with van der Waals surface area (Å²) < 4.78 is 0. The maximum Gasteiger partial charge on any atom is 0.222 e. The van der Waals surface area contributed by atoms with E-state index >= 15 is 0 Å². The smallest absolute Gasteiger partial charge is 0.222 e. The fraction of sp³-hybridized carbons (Fsp3) is 0.647. The molecular formula is C17H27N3O. The van der Waals surface area contributed by atoms with Crippen LogP contribution in [0.3, 0.4) is 0 Å². The zero-order valence-corrected chi connectivity index (χ0v) is 13.3. The van der Waals surface area contributed by atoms with Crippen LogP contribution in [0, 0.1) is 5.92 Å². The summed E-state index contributed by atoms with van der Waals surface area (Å²) in [6.45, 7) is 6.87. The number of hydrogen-bond donors (Lipinski definition) is 1. The first-order chi connectivity index (χ1) is 10.2. The lowest BCUT2D eigenvalue weighted by molar-refractivity contribution is -0.131. The van der Waals surface area contributed by atoms with Gasteiger partial charge < -0.3 is 10.2 Å². The van der Waals surface area contributed by atoms with Crippen molar-refractivity contribution in [1.82, 2.24) is 9.88 Å². The van der Waals surface area contributed by atoms with E-state index in [0.29, 0.717) is 24.8 Å². The monoisotopic (exact) mass is 289 g/mol. The van der Waals surface area contributed by atoms with E-state index in [1.165, 1.54) is 6.42 Å². The Labute approximate surface area is 127 Å². The molecular weight excluding hydrogens is 262 g/mol. The summed E-state index contributed by atoms with van der Waals surface area (Å²) in [5, 5.41) is 3.27. The van der Waals surface area contributed by atoms with Crippen LogP contribution in [-0.4, -0.2) is 28.9 Å². The molecule has 1 amide bonds. The predicted octanol–water partition coefficient (Wildman–Crippen LogP) is 3.44. The van der Waals surface area contributed by atoms with Crippen molar-refractivity contribution in [3.63, 3.8) is 0 Å². The number of aromatic nitrogens is 1. The highest BCUT2D eigenvalue weighted by atomic mass is 16.2. The molecule has 1 aliphatic heterocycles. The fourth-order valence-corrected chi connectivity index (χ4v) is 2.76. The highest BCUT2D eigenvalue weighted by Gasteiger charge is 2.21. The van der Waals surface area contributed by atoms with Crippen LogP contribution >= 0.6 is 0 Å². The number of hydrogen-bond acceptors (Lipinski definition) is 3. The maximum atomic E-state index is 12.2. The van der Waals surface area contributed by atoms with Gasteiger partial charge in [0, 0.05) is 32.3 Å². The molecule has 1 aliphatic rings. The Bertz CT molecular complexity index is 444. The van der Waals surface area contributed by atoms with Crippen LogP contribution in [-0.2, 0) is 11.3 Å². The van der Waals surface area contributed by atoms with E-state index in [-0.39, 0.29) is 0 Å². The average Bonchev–Trinajstić information content (AvgIpc) is 2.69. The summed E-state index contributed by atoms with van der Waals surface area (Å²) in [7, 11) is 0. The van der Waals surface area contributed by atoms with E-state index in [0.717, 1.165) is 43.7 Å². The second-order valence-corrected chi connectivity index (χ2v) is 5.90. The summed E-state index contributed by atoms with van der Waals surface area (Å²) in [5.74, 6) is 1.91. The lowest BCUT2D eigenvalue weighted by Gasteiger charge is -2.21. The third-order valence-corrected chi connectivity index (χ3v) is 4.26. The van der Waals surface area contributed by atoms with E-state index in [4.69, 9.17) is 0 Å². The zero-order chi connectivity index (χ0) is 15.1. The van der Waals surface area contributed by atoms with Gasteiger partial charge in [0.25, 0.3) is 0 Å². The van der Waals surface area contributed by atoms with Crippen molar-refractivity contribution >= 4 is 11.7 Å². The fourth-order valence-electron chi connectivity index (χ4n) is 2.76. The average molecular weight is 289 g/mol. The number of rotatable bonds is 6. The minimum atomic E-state index is 0.291. The number of nitrogens with one attached hydrogen (secondary N) is 1. The van der Waals surface area contributed by atoms with Gasteiger partial charge in [-0.2, -0.15) is 0 Å². The van der Waals surface area contributed by atoms with Gasteiger partial charge in [0.2, 0.25) is 5.91 Å². The molecule has 1 aromatic heterocycles. The maximum absolute atomic E-state index is 12.2. The van der Waals surface area contributed by atoms with Gasteiger partial charge in [0.05, 0.1) is 0 Å². The van der Waals surface area contributed by atoms with Crippen molar-refractivity contribution < 1.29 is 4.79 Å². The third kappa shape index (κ3) is 4.73. The van der Waals surface area contributed by atoms with Crippen LogP contribution < -0.4 is 5.32 Å². The molecule has 1 fully saturated rings. The Morgan fingerprint density at radius 2 is 2.19 bits per heavy atom. The number of nitrogens with zero attached hydrogens (tertiary/aromatic N) is 2. The summed E-state index contributed by atoms with van der Waals surface area (Å²) in [6, 6.07) is 4.07. The van der Waals surface area contributed by atoms with Gasteiger partial charge >= 0.3 is 0 Å². The molecule has 0 bridgehead atoms. The van der Waals surface area contributed by atoms with Gasteiger partial charge in [-0.3, -0.25) is 4.79 Å². The second kappa shape index (κ2) is 8.01. The van der Waals surface area contributed by atoms with Crippen molar-refractivity contribution in [2.75, 3.05) is 18.4 Å². The van der Waals surface area contributed by atoms with Crippen LogP contribution in [0.15, 0.2) is 18.3 Å². The molecule has 1 atom stereocenters. The molecule has 4 heteroatoms. The summed E-state index contributed by atoms with van der Waals surface area (Å²) in [5.41, 5.74) is 1.11. The molecule has 0 saturated carbocycles. The molecule has 1 N–H and O–H groups in total. The molecule has 1 aromatic rings. The molecule has 21 heavy (non-hydrogen) atoms. The van der Waals surface area contributed by atoms with Gasteiger partial charge in [0.15, 0.2) is 0 Å². The van der Waals surface area contributed by atoms with Crippen LogP contribution in [0.25, 0.3) is 0 Å². The molecule has 0 spiro atoms. The second-order valence-electron chi connectivity index (χ2n) is 5.90.